The molecule has 3 rings (SSSR count). The minimum Gasteiger partial charge on any atom is -0.348 e. The minimum atomic E-state index is -0.491. The lowest BCUT2D eigenvalue weighted by molar-refractivity contribution is 0.0915. The van der Waals surface area contributed by atoms with Crippen molar-refractivity contribution >= 4 is 5.91 Å². The Balaban J connectivity index is 1.89. The molecule has 0 bridgehead atoms. The number of aryl methyl sites for hydroxylation is 1. The van der Waals surface area contributed by atoms with E-state index in [-0.39, 0.29) is 17.4 Å². The first-order valence-corrected chi connectivity index (χ1v) is 8.62. The Hall–Kier alpha value is -2.50. The molecule has 1 heterocycles. The van der Waals surface area contributed by atoms with Crippen LogP contribution in [0.1, 0.15) is 48.8 Å². The van der Waals surface area contributed by atoms with Gasteiger partial charge in [-0.3, -0.25) is 9.59 Å². The van der Waals surface area contributed by atoms with E-state index in [4.69, 9.17) is 0 Å². The lowest BCUT2D eigenvalue weighted by atomic mass is 9.87. The highest BCUT2D eigenvalue weighted by atomic mass is 19.1. The number of aromatic nitrogens is 2. The first-order chi connectivity index (χ1) is 12.0. The smallest absolute Gasteiger partial charge is 0.276 e. The lowest BCUT2D eigenvalue weighted by Gasteiger charge is -2.26. The van der Waals surface area contributed by atoms with E-state index in [0.29, 0.717) is 11.6 Å². The average molecular weight is 343 g/mol. The Morgan fingerprint density at radius 3 is 2.60 bits per heavy atom. The van der Waals surface area contributed by atoms with Gasteiger partial charge in [0.1, 0.15) is 11.5 Å². The van der Waals surface area contributed by atoms with Crippen LogP contribution >= 0.6 is 0 Å². The minimum absolute atomic E-state index is 0.0631. The fourth-order valence-electron chi connectivity index (χ4n) is 3.23. The van der Waals surface area contributed by atoms with Gasteiger partial charge in [-0.15, -0.1) is 0 Å². The van der Waals surface area contributed by atoms with Crippen molar-refractivity contribution in [2.75, 3.05) is 0 Å². The van der Waals surface area contributed by atoms with Crippen LogP contribution in [-0.4, -0.2) is 21.7 Å². The molecule has 1 aromatic carbocycles. The van der Waals surface area contributed by atoms with E-state index in [9.17, 15) is 14.0 Å². The molecule has 1 fully saturated rings. The predicted octanol–water partition coefficient (Wildman–Crippen LogP) is 2.99. The van der Waals surface area contributed by atoms with Crippen molar-refractivity contribution < 1.29 is 9.18 Å². The molecule has 1 amide bonds. The van der Waals surface area contributed by atoms with Crippen molar-refractivity contribution in [3.63, 3.8) is 0 Å². The third-order valence-corrected chi connectivity index (χ3v) is 4.75. The van der Waals surface area contributed by atoms with Crippen LogP contribution in [0.5, 0.6) is 0 Å². The van der Waals surface area contributed by atoms with E-state index < -0.39 is 17.2 Å². The zero-order chi connectivity index (χ0) is 18.0. The van der Waals surface area contributed by atoms with E-state index in [2.05, 4.69) is 17.3 Å². The standard InChI is InChI=1S/C19H22FN3O2/c1-12-7-9-14(10-8-12)21-19(25)18-17(24)11-13(2)23(22-18)16-6-4-3-5-15(16)20/h3-6,11-12,14H,7-10H2,1-2H3,(H,21,25). The number of hydrogen-bond acceptors (Lipinski definition) is 3. The molecule has 0 saturated heterocycles. The SMILES string of the molecule is Cc1cc(=O)c(C(=O)NC2CCC(C)CC2)nn1-c1ccccc1F. The van der Waals surface area contributed by atoms with Crippen molar-refractivity contribution in [3.8, 4) is 5.69 Å². The fraction of sp³-hybridized carbons (Fsp3) is 0.421. The molecule has 1 aliphatic carbocycles. The van der Waals surface area contributed by atoms with E-state index >= 15 is 0 Å². The van der Waals surface area contributed by atoms with Gasteiger partial charge in [-0.2, -0.15) is 5.10 Å². The maximum absolute atomic E-state index is 14.1. The first kappa shape index (κ1) is 17.3. The number of carbonyl (C=O) groups excluding carboxylic acids is 1. The van der Waals surface area contributed by atoms with E-state index in [1.54, 1.807) is 25.1 Å². The van der Waals surface area contributed by atoms with Crippen LogP contribution in [0.15, 0.2) is 35.1 Å². The largest absolute Gasteiger partial charge is 0.348 e. The van der Waals surface area contributed by atoms with Crippen LogP contribution < -0.4 is 10.7 Å². The number of benzene rings is 1. The Bertz CT molecular complexity index is 839. The molecule has 1 aliphatic rings. The van der Waals surface area contributed by atoms with Gasteiger partial charge in [0.25, 0.3) is 5.91 Å². The van der Waals surface area contributed by atoms with Crippen LogP contribution in [0.3, 0.4) is 0 Å². The molecular formula is C19H22FN3O2. The molecule has 1 N–H and O–H groups in total. The molecule has 0 unspecified atom stereocenters. The molecule has 0 radical (unpaired) electrons. The highest BCUT2D eigenvalue weighted by Crippen LogP contribution is 2.23. The summed E-state index contributed by atoms with van der Waals surface area (Å²) < 4.78 is 15.4. The van der Waals surface area contributed by atoms with Crippen molar-refractivity contribution in [2.45, 2.75) is 45.6 Å². The number of halogens is 1. The third-order valence-electron chi connectivity index (χ3n) is 4.75. The third kappa shape index (κ3) is 3.78. The number of hydrogen-bond donors (Lipinski definition) is 1. The summed E-state index contributed by atoms with van der Waals surface area (Å²) in [6.45, 7) is 3.86. The number of amides is 1. The molecule has 132 valence electrons. The number of rotatable bonds is 3. The summed E-state index contributed by atoms with van der Waals surface area (Å²) in [5, 5.41) is 7.04. The van der Waals surface area contributed by atoms with Crippen LogP contribution in [0.4, 0.5) is 4.39 Å². The maximum atomic E-state index is 14.1. The Morgan fingerprint density at radius 2 is 1.92 bits per heavy atom. The summed E-state index contributed by atoms with van der Waals surface area (Å²) in [7, 11) is 0. The van der Waals surface area contributed by atoms with Crippen LogP contribution in [-0.2, 0) is 0 Å². The second-order valence-electron chi connectivity index (χ2n) is 6.79. The topological polar surface area (TPSA) is 64.0 Å². The normalized spacial score (nSPS) is 20.3. The molecule has 1 aromatic heterocycles. The monoisotopic (exact) mass is 343 g/mol. The van der Waals surface area contributed by atoms with Gasteiger partial charge < -0.3 is 5.32 Å². The van der Waals surface area contributed by atoms with Gasteiger partial charge in [0.05, 0.1) is 0 Å². The first-order valence-electron chi connectivity index (χ1n) is 8.62. The van der Waals surface area contributed by atoms with E-state index in [1.165, 1.54) is 16.8 Å². The van der Waals surface area contributed by atoms with Crippen molar-refractivity contribution in [1.29, 1.82) is 0 Å². The second-order valence-corrected chi connectivity index (χ2v) is 6.79. The van der Waals surface area contributed by atoms with Crippen molar-refractivity contribution in [1.82, 2.24) is 15.1 Å². The van der Waals surface area contributed by atoms with Gasteiger partial charge in [-0.25, -0.2) is 9.07 Å². The van der Waals surface area contributed by atoms with Crippen molar-refractivity contribution in [3.05, 3.63) is 57.8 Å². The second kappa shape index (κ2) is 7.17. The van der Waals surface area contributed by atoms with Gasteiger partial charge >= 0.3 is 0 Å². The van der Waals surface area contributed by atoms with Gasteiger partial charge in [0, 0.05) is 17.8 Å². The average Bonchev–Trinajstić information content (AvgIpc) is 2.58. The Kier molecular flexibility index (Phi) is 4.97. The number of nitrogens with one attached hydrogen (secondary N) is 1. The molecule has 0 atom stereocenters. The molecule has 6 heteroatoms. The van der Waals surface area contributed by atoms with Gasteiger partial charge in [0.2, 0.25) is 5.43 Å². The zero-order valence-corrected chi connectivity index (χ0v) is 14.5. The van der Waals surface area contributed by atoms with Crippen LogP contribution in [0.2, 0.25) is 0 Å². The molecule has 0 aliphatic heterocycles. The Labute approximate surface area is 145 Å². The highest BCUT2D eigenvalue weighted by molar-refractivity contribution is 5.92. The summed E-state index contributed by atoms with van der Waals surface area (Å²) in [5.74, 6) is -0.284. The lowest BCUT2D eigenvalue weighted by Crippen LogP contribution is -2.40. The molecule has 1 saturated carbocycles. The zero-order valence-electron chi connectivity index (χ0n) is 14.5. The van der Waals surface area contributed by atoms with Gasteiger partial charge in [-0.1, -0.05) is 19.1 Å². The quantitative estimate of drug-likeness (QED) is 0.932. The van der Waals surface area contributed by atoms with Crippen LogP contribution in [0.25, 0.3) is 5.69 Å². The maximum Gasteiger partial charge on any atom is 0.276 e. The Morgan fingerprint density at radius 1 is 1.24 bits per heavy atom. The molecule has 0 spiro atoms. The van der Waals surface area contributed by atoms with Gasteiger partial charge in [-0.05, 0) is 50.7 Å². The van der Waals surface area contributed by atoms with E-state index in [0.717, 1.165) is 25.7 Å². The van der Waals surface area contributed by atoms with Gasteiger partial charge in [0.15, 0.2) is 5.69 Å². The summed E-state index contributed by atoms with van der Waals surface area (Å²) in [5.41, 5.74) is 0.0259. The summed E-state index contributed by atoms with van der Waals surface area (Å²) in [6.07, 6.45) is 3.93. The molecular weight excluding hydrogens is 321 g/mol. The summed E-state index contributed by atoms with van der Waals surface area (Å²) in [4.78, 5) is 24.7. The van der Waals surface area contributed by atoms with Crippen LogP contribution in [0, 0.1) is 18.7 Å². The number of carbonyl (C=O) groups is 1. The summed E-state index contributed by atoms with van der Waals surface area (Å²) >= 11 is 0. The fourth-order valence-corrected chi connectivity index (χ4v) is 3.23. The predicted molar refractivity (Wildman–Crippen MR) is 93.4 cm³/mol. The molecule has 25 heavy (non-hydrogen) atoms. The molecule has 5 nitrogen and oxygen atoms in total. The van der Waals surface area contributed by atoms with Crippen molar-refractivity contribution in [2.24, 2.45) is 5.92 Å². The number of para-hydroxylation sites is 1. The summed E-state index contributed by atoms with van der Waals surface area (Å²) in [6, 6.07) is 7.52. The number of nitrogens with zero attached hydrogens (tertiary/aromatic N) is 2. The molecule has 2 aromatic rings. The highest BCUT2D eigenvalue weighted by Gasteiger charge is 2.23. The van der Waals surface area contributed by atoms with E-state index in [1.807, 2.05) is 0 Å².